The van der Waals surface area contributed by atoms with Crippen molar-refractivity contribution in [2.45, 2.75) is 22.5 Å². The number of ether oxygens (including phenoxy) is 1. The highest BCUT2D eigenvalue weighted by Crippen LogP contribution is 2.50. The minimum Gasteiger partial charge on any atom is -0.469 e. The predicted octanol–water partition coefficient (Wildman–Crippen LogP) is 2.86. The van der Waals surface area contributed by atoms with Crippen molar-refractivity contribution >= 4 is 15.8 Å². The highest BCUT2D eigenvalue weighted by Gasteiger charge is 2.46. The average molecular weight is 316 g/mol. The van der Waals surface area contributed by atoms with E-state index in [9.17, 15) is 13.2 Å². The number of sulfone groups is 1. The van der Waals surface area contributed by atoms with E-state index in [2.05, 4.69) is 0 Å². The first-order valence-electron chi connectivity index (χ1n) is 7.00. The number of methoxy groups -OCH3 is 1. The topological polar surface area (TPSA) is 60.4 Å². The second-order valence-corrected chi connectivity index (χ2v) is 7.34. The van der Waals surface area contributed by atoms with Crippen LogP contribution in [-0.4, -0.2) is 21.5 Å². The van der Waals surface area contributed by atoms with E-state index < -0.39 is 27.0 Å². The van der Waals surface area contributed by atoms with Crippen LogP contribution in [0.25, 0.3) is 0 Å². The van der Waals surface area contributed by atoms with Crippen molar-refractivity contribution < 1.29 is 17.9 Å². The number of rotatable bonds is 3. The van der Waals surface area contributed by atoms with Gasteiger partial charge in [-0.1, -0.05) is 48.5 Å². The molecular weight excluding hydrogens is 300 g/mol. The summed E-state index contributed by atoms with van der Waals surface area (Å²) in [6.45, 7) is 0. The summed E-state index contributed by atoms with van der Waals surface area (Å²) in [5, 5.41) is -0.745. The Labute approximate surface area is 129 Å². The van der Waals surface area contributed by atoms with Crippen molar-refractivity contribution in [3.63, 3.8) is 0 Å². The Bertz CT molecular complexity index is 796. The molecule has 0 saturated heterocycles. The van der Waals surface area contributed by atoms with E-state index in [0.29, 0.717) is 16.0 Å². The lowest BCUT2D eigenvalue weighted by atomic mass is 9.89. The van der Waals surface area contributed by atoms with Crippen molar-refractivity contribution in [1.82, 2.24) is 0 Å². The summed E-state index contributed by atoms with van der Waals surface area (Å²) in [7, 11) is -2.20. The summed E-state index contributed by atoms with van der Waals surface area (Å²) in [4.78, 5) is 12.1. The zero-order valence-electron chi connectivity index (χ0n) is 12.1. The third-order valence-electron chi connectivity index (χ3n) is 4.07. The zero-order valence-corrected chi connectivity index (χ0v) is 12.9. The molecule has 0 saturated carbocycles. The standard InChI is InChI=1S/C17H16O4S/c1-21-16(18)11-14-13-9-5-6-10-15(13)22(19,20)17(14)12-7-3-2-4-8-12/h2-10,14,17H,11H2,1H3. The largest absolute Gasteiger partial charge is 0.469 e. The number of hydrogen-bond acceptors (Lipinski definition) is 4. The number of hydrogen-bond donors (Lipinski definition) is 0. The molecule has 0 spiro atoms. The molecule has 2 aromatic rings. The minimum absolute atomic E-state index is 0.0479. The van der Waals surface area contributed by atoms with Crippen molar-refractivity contribution in [2.24, 2.45) is 0 Å². The lowest BCUT2D eigenvalue weighted by molar-refractivity contribution is -0.141. The molecule has 1 heterocycles. The molecule has 0 aromatic heterocycles. The van der Waals surface area contributed by atoms with Gasteiger partial charge in [0.1, 0.15) is 0 Å². The number of esters is 1. The van der Waals surface area contributed by atoms with E-state index in [0.717, 1.165) is 0 Å². The zero-order chi connectivity index (χ0) is 15.7. The van der Waals surface area contributed by atoms with Gasteiger partial charge in [-0.25, -0.2) is 8.42 Å². The van der Waals surface area contributed by atoms with Crippen molar-refractivity contribution in [1.29, 1.82) is 0 Å². The minimum atomic E-state index is -3.51. The molecule has 0 radical (unpaired) electrons. The van der Waals surface area contributed by atoms with Gasteiger partial charge in [0, 0.05) is 5.92 Å². The second-order valence-electron chi connectivity index (χ2n) is 5.30. The third kappa shape index (κ3) is 2.31. The number of carbonyl (C=O) groups is 1. The number of carbonyl (C=O) groups excluding carboxylic acids is 1. The smallest absolute Gasteiger partial charge is 0.306 e. The van der Waals surface area contributed by atoms with Crippen LogP contribution < -0.4 is 0 Å². The summed E-state index contributed by atoms with van der Waals surface area (Å²) in [6.07, 6.45) is 0.0479. The molecule has 1 aliphatic heterocycles. The van der Waals surface area contributed by atoms with E-state index in [1.807, 2.05) is 18.2 Å². The molecule has 0 amide bonds. The maximum atomic E-state index is 12.9. The van der Waals surface area contributed by atoms with Crippen molar-refractivity contribution in [2.75, 3.05) is 7.11 Å². The van der Waals surface area contributed by atoms with Crippen LogP contribution in [0.3, 0.4) is 0 Å². The van der Waals surface area contributed by atoms with Crippen LogP contribution in [0.1, 0.15) is 28.7 Å². The Morgan fingerprint density at radius 2 is 1.68 bits per heavy atom. The van der Waals surface area contributed by atoms with Crippen LogP contribution in [0.5, 0.6) is 0 Å². The molecule has 114 valence electrons. The molecule has 0 bridgehead atoms. The van der Waals surface area contributed by atoms with Gasteiger partial charge in [0.25, 0.3) is 0 Å². The maximum absolute atomic E-state index is 12.9. The molecule has 22 heavy (non-hydrogen) atoms. The van der Waals surface area contributed by atoms with Gasteiger partial charge in [0.05, 0.1) is 23.7 Å². The lowest BCUT2D eigenvalue weighted by Gasteiger charge is -2.18. The first-order chi connectivity index (χ1) is 10.6. The van der Waals surface area contributed by atoms with Gasteiger partial charge in [-0.05, 0) is 17.2 Å². The summed E-state index contributed by atoms with van der Waals surface area (Å²) in [5.74, 6) is -0.825. The molecule has 0 N–H and O–H groups in total. The third-order valence-corrected chi connectivity index (χ3v) is 6.32. The molecule has 3 rings (SSSR count). The Morgan fingerprint density at radius 3 is 2.36 bits per heavy atom. The fraction of sp³-hybridized carbons (Fsp3) is 0.235. The van der Waals surface area contributed by atoms with E-state index in [-0.39, 0.29) is 6.42 Å². The first-order valence-corrected chi connectivity index (χ1v) is 8.55. The number of benzene rings is 2. The van der Waals surface area contributed by atoms with E-state index in [4.69, 9.17) is 4.74 Å². The quantitative estimate of drug-likeness (QED) is 0.817. The van der Waals surface area contributed by atoms with Crippen LogP contribution >= 0.6 is 0 Å². The van der Waals surface area contributed by atoms with E-state index in [1.54, 1.807) is 36.4 Å². The summed E-state index contributed by atoms with van der Waals surface area (Å²) < 4.78 is 30.6. The molecule has 4 nitrogen and oxygen atoms in total. The predicted molar refractivity (Wildman–Crippen MR) is 82.2 cm³/mol. The van der Waals surface area contributed by atoms with Crippen molar-refractivity contribution in [3.05, 3.63) is 65.7 Å². The Kier molecular flexibility index (Phi) is 3.74. The fourth-order valence-electron chi connectivity index (χ4n) is 3.10. The highest BCUT2D eigenvalue weighted by atomic mass is 32.2. The van der Waals surface area contributed by atoms with Gasteiger partial charge in [-0.2, -0.15) is 0 Å². The maximum Gasteiger partial charge on any atom is 0.306 e. The van der Waals surface area contributed by atoms with Crippen LogP contribution in [0, 0.1) is 0 Å². The molecule has 0 fully saturated rings. The summed E-state index contributed by atoms with van der Waals surface area (Å²) in [6, 6.07) is 15.9. The average Bonchev–Trinajstić information content (AvgIpc) is 2.76. The van der Waals surface area contributed by atoms with E-state index >= 15 is 0 Å². The Balaban J connectivity index is 2.16. The Morgan fingerprint density at radius 1 is 1.05 bits per heavy atom. The van der Waals surface area contributed by atoms with Gasteiger partial charge in [-0.15, -0.1) is 0 Å². The van der Waals surface area contributed by atoms with Crippen molar-refractivity contribution in [3.8, 4) is 0 Å². The van der Waals surface area contributed by atoms with Crippen LogP contribution in [0.15, 0.2) is 59.5 Å². The second kappa shape index (κ2) is 5.57. The Hall–Kier alpha value is -2.14. The molecular formula is C17H16O4S. The van der Waals surface area contributed by atoms with Gasteiger partial charge in [0.15, 0.2) is 9.84 Å². The fourth-order valence-corrected chi connectivity index (χ4v) is 5.38. The summed E-state index contributed by atoms with van der Waals surface area (Å²) >= 11 is 0. The van der Waals surface area contributed by atoms with Gasteiger partial charge < -0.3 is 4.74 Å². The van der Waals surface area contributed by atoms with Gasteiger partial charge in [-0.3, -0.25) is 4.79 Å². The number of fused-ring (bicyclic) bond motifs is 1. The lowest BCUT2D eigenvalue weighted by Crippen LogP contribution is -2.16. The van der Waals surface area contributed by atoms with Gasteiger partial charge >= 0.3 is 5.97 Å². The molecule has 2 unspecified atom stereocenters. The molecule has 2 aromatic carbocycles. The van der Waals surface area contributed by atoms with Crippen LogP contribution in [0.2, 0.25) is 0 Å². The van der Waals surface area contributed by atoms with Crippen LogP contribution in [-0.2, 0) is 19.4 Å². The molecule has 5 heteroatoms. The van der Waals surface area contributed by atoms with Gasteiger partial charge in [0.2, 0.25) is 0 Å². The molecule has 1 aliphatic rings. The molecule has 0 aliphatic carbocycles. The monoisotopic (exact) mass is 316 g/mol. The van der Waals surface area contributed by atoms with E-state index in [1.165, 1.54) is 7.11 Å². The normalized spacial score (nSPS) is 22.0. The summed E-state index contributed by atoms with van der Waals surface area (Å²) in [5.41, 5.74) is 1.40. The SMILES string of the molecule is COC(=O)CC1c2ccccc2S(=O)(=O)C1c1ccccc1. The first kappa shape index (κ1) is 14.8. The van der Waals surface area contributed by atoms with Crippen LogP contribution in [0.4, 0.5) is 0 Å². The highest BCUT2D eigenvalue weighted by molar-refractivity contribution is 7.92. The molecule has 2 atom stereocenters.